The Bertz CT molecular complexity index is 484. The number of nitrogens with one attached hydrogen (secondary N) is 1. The van der Waals surface area contributed by atoms with E-state index in [2.05, 4.69) is 5.32 Å². The normalized spacial score (nSPS) is 17.5. The van der Waals surface area contributed by atoms with Gasteiger partial charge in [-0.3, -0.25) is 10.1 Å². The number of hydrogen-bond donors (Lipinski definition) is 2. The van der Waals surface area contributed by atoms with Gasteiger partial charge >= 0.3 is 0 Å². The molecule has 6 heteroatoms. The zero-order chi connectivity index (χ0) is 14.6. The summed E-state index contributed by atoms with van der Waals surface area (Å²) in [5.74, 6) is 0.436. The Morgan fingerprint density at radius 3 is 2.60 bits per heavy atom. The number of nitro groups is 1. The first-order chi connectivity index (χ1) is 9.58. The Labute approximate surface area is 117 Å². The first kappa shape index (κ1) is 14.6. The second kappa shape index (κ2) is 6.09. The number of ether oxygens (including phenoxy) is 1. The lowest BCUT2D eigenvalue weighted by Gasteiger charge is -2.37. The monoisotopic (exact) mass is 280 g/mol. The van der Waals surface area contributed by atoms with E-state index >= 15 is 0 Å². The predicted octanol–water partition coefficient (Wildman–Crippen LogP) is 2.71. The molecule has 2 rings (SSSR count). The van der Waals surface area contributed by atoms with Crippen molar-refractivity contribution in [1.29, 1.82) is 0 Å². The fourth-order valence-electron chi connectivity index (χ4n) is 2.74. The van der Waals surface area contributed by atoms with Crippen LogP contribution in [0.4, 0.5) is 11.4 Å². The molecule has 0 unspecified atom stereocenters. The number of hydrogen-bond acceptors (Lipinski definition) is 5. The molecule has 1 saturated carbocycles. The van der Waals surface area contributed by atoms with Crippen LogP contribution in [0.15, 0.2) is 18.2 Å². The number of nitro benzene ring substituents is 1. The summed E-state index contributed by atoms with van der Waals surface area (Å²) in [6.45, 7) is 0.0258. The van der Waals surface area contributed by atoms with E-state index in [-0.39, 0.29) is 17.8 Å². The molecule has 0 aromatic heterocycles. The molecule has 2 N–H and O–H groups in total. The lowest BCUT2D eigenvalue weighted by atomic mass is 9.82. The van der Waals surface area contributed by atoms with Gasteiger partial charge in [-0.05, 0) is 12.8 Å². The Balaban J connectivity index is 2.27. The third-order valence-corrected chi connectivity index (χ3v) is 3.86. The van der Waals surface area contributed by atoms with Crippen molar-refractivity contribution in [2.45, 2.75) is 37.6 Å². The van der Waals surface area contributed by atoms with Crippen LogP contribution < -0.4 is 10.1 Å². The zero-order valence-electron chi connectivity index (χ0n) is 11.6. The standard InChI is InChI=1S/C14H20N2O4/c1-20-13-8-11(7-12(9-13)16(18)19)15-14(10-17)5-3-2-4-6-14/h7-9,15,17H,2-6,10H2,1H3. The van der Waals surface area contributed by atoms with Crippen molar-refractivity contribution in [2.75, 3.05) is 19.0 Å². The minimum Gasteiger partial charge on any atom is -0.496 e. The Morgan fingerprint density at radius 1 is 1.35 bits per heavy atom. The van der Waals surface area contributed by atoms with Gasteiger partial charge in [-0.15, -0.1) is 0 Å². The molecule has 0 bridgehead atoms. The molecule has 0 radical (unpaired) electrons. The van der Waals surface area contributed by atoms with Crippen molar-refractivity contribution in [1.82, 2.24) is 0 Å². The van der Waals surface area contributed by atoms with Crippen molar-refractivity contribution in [3.8, 4) is 5.75 Å². The van der Waals surface area contributed by atoms with Crippen molar-refractivity contribution in [2.24, 2.45) is 0 Å². The fourth-order valence-corrected chi connectivity index (χ4v) is 2.74. The van der Waals surface area contributed by atoms with Crippen molar-refractivity contribution in [3.63, 3.8) is 0 Å². The van der Waals surface area contributed by atoms with Gasteiger partial charge in [0.15, 0.2) is 0 Å². The number of rotatable bonds is 5. The largest absolute Gasteiger partial charge is 0.496 e. The minimum absolute atomic E-state index is 0.0178. The Hall–Kier alpha value is -1.82. The highest BCUT2D eigenvalue weighted by molar-refractivity contribution is 5.57. The van der Waals surface area contributed by atoms with E-state index in [9.17, 15) is 15.2 Å². The minimum atomic E-state index is -0.444. The highest BCUT2D eigenvalue weighted by atomic mass is 16.6. The van der Waals surface area contributed by atoms with Gasteiger partial charge in [0.05, 0.1) is 30.2 Å². The lowest BCUT2D eigenvalue weighted by Crippen LogP contribution is -2.43. The third-order valence-electron chi connectivity index (χ3n) is 3.86. The first-order valence-corrected chi connectivity index (χ1v) is 6.81. The molecule has 1 fully saturated rings. The van der Waals surface area contributed by atoms with Gasteiger partial charge in [0.1, 0.15) is 5.75 Å². The van der Waals surface area contributed by atoms with Crippen LogP contribution in [-0.2, 0) is 0 Å². The maximum Gasteiger partial charge on any atom is 0.275 e. The summed E-state index contributed by atoms with van der Waals surface area (Å²) in [4.78, 5) is 10.5. The first-order valence-electron chi connectivity index (χ1n) is 6.81. The number of benzene rings is 1. The molecule has 0 atom stereocenters. The van der Waals surface area contributed by atoms with Crippen LogP contribution in [0.1, 0.15) is 32.1 Å². The molecule has 1 aliphatic carbocycles. The lowest BCUT2D eigenvalue weighted by molar-refractivity contribution is -0.384. The predicted molar refractivity (Wildman–Crippen MR) is 76.2 cm³/mol. The number of non-ortho nitro benzene ring substituents is 1. The van der Waals surface area contributed by atoms with E-state index in [4.69, 9.17) is 4.74 Å². The topological polar surface area (TPSA) is 84.6 Å². The number of aliphatic hydroxyl groups excluding tert-OH is 1. The van der Waals surface area contributed by atoms with Crippen LogP contribution in [-0.4, -0.2) is 29.3 Å². The third kappa shape index (κ3) is 3.19. The number of methoxy groups -OCH3 is 1. The highest BCUT2D eigenvalue weighted by Crippen LogP contribution is 2.34. The molecule has 0 spiro atoms. The van der Waals surface area contributed by atoms with Crippen LogP contribution in [0, 0.1) is 10.1 Å². The highest BCUT2D eigenvalue weighted by Gasteiger charge is 2.31. The maximum atomic E-state index is 10.9. The van der Waals surface area contributed by atoms with Crippen LogP contribution >= 0.6 is 0 Å². The molecule has 20 heavy (non-hydrogen) atoms. The number of nitrogens with zero attached hydrogens (tertiary/aromatic N) is 1. The fraction of sp³-hybridized carbons (Fsp3) is 0.571. The van der Waals surface area contributed by atoms with Crippen molar-refractivity contribution in [3.05, 3.63) is 28.3 Å². The Kier molecular flexibility index (Phi) is 4.44. The summed E-state index contributed by atoms with van der Waals surface area (Å²) in [6.07, 6.45) is 5.02. The van der Waals surface area contributed by atoms with Gasteiger partial charge in [-0.25, -0.2) is 0 Å². The van der Waals surface area contributed by atoms with E-state index in [1.165, 1.54) is 25.7 Å². The molecule has 1 aromatic carbocycles. The maximum absolute atomic E-state index is 10.9. The quantitative estimate of drug-likeness (QED) is 0.640. The second-order valence-electron chi connectivity index (χ2n) is 5.30. The summed E-state index contributed by atoms with van der Waals surface area (Å²) in [6, 6.07) is 4.59. The van der Waals surface area contributed by atoms with Gasteiger partial charge in [0.2, 0.25) is 0 Å². The molecule has 0 amide bonds. The SMILES string of the molecule is COc1cc(NC2(CO)CCCCC2)cc([N+](=O)[O-])c1. The van der Waals surface area contributed by atoms with Gasteiger partial charge in [0.25, 0.3) is 5.69 Å². The van der Waals surface area contributed by atoms with Gasteiger partial charge in [-0.1, -0.05) is 19.3 Å². The van der Waals surface area contributed by atoms with E-state index in [1.54, 1.807) is 6.07 Å². The summed E-state index contributed by atoms with van der Waals surface area (Å²) < 4.78 is 5.09. The molecule has 1 aliphatic rings. The van der Waals surface area contributed by atoms with Gasteiger partial charge in [0, 0.05) is 17.8 Å². The smallest absolute Gasteiger partial charge is 0.275 e. The Morgan fingerprint density at radius 2 is 2.05 bits per heavy atom. The summed E-state index contributed by atoms with van der Waals surface area (Å²) in [5, 5.41) is 23.9. The van der Waals surface area contributed by atoms with Gasteiger partial charge in [-0.2, -0.15) is 0 Å². The number of aliphatic hydroxyl groups is 1. The van der Waals surface area contributed by atoms with E-state index in [1.807, 2.05) is 0 Å². The molecular weight excluding hydrogens is 260 g/mol. The molecular formula is C14H20N2O4. The molecule has 0 heterocycles. The van der Waals surface area contributed by atoms with E-state index in [0.29, 0.717) is 11.4 Å². The molecule has 0 aliphatic heterocycles. The summed E-state index contributed by atoms with van der Waals surface area (Å²) in [7, 11) is 1.48. The molecule has 110 valence electrons. The second-order valence-corrected chi connectivity index (χ2v) is 5.30. The van der Waals surface area contributed by atoms with Gasteiger partial charge < -0.3 is 15.2 Å². The average molecular weight is 280 g/mol. The van der Waals surface area contributed by atoms with Crippen molar-refractivity contribution < 1.29 is 14.8 Å². The zero-order valence-corrected chi connectivity index (χ0v) is 11.6. The summed E-state index contributed by atoms with van der Waals surface area (Å²) in [5.41, 5.74) is 0.223. The molecule has 6 nitrogen and oxygen atoms in total. The molecule has 1 aromatic rings. The average Bonchev–Trinajstić information content (AvgIpc) is 2.47. The summed E-state index contributed by atoms with van der Waals surface area (Å²) >= 11 is 0. The van der Waals surface area contributed by atoms with E-state index in [0.717, 1.165) is 25.7 Å². The number of anilines is 1. The van der Waals surface area contributed by atoms with Crippen LogP contribution in [0.3, 0.4) is 0 Å². The van der Waals surface area contributed by atoms with Crippen LogP contribution in [0.2, 0.25) is 0 Å². The van der Waals surface area contributed by atoms with Crippen LogP contribution in [0.25, 0.3) is 0 Å². The van der Waals surface area contributed by atoms with Crippen molar-refractivity contribution >= 4 is 11.4 Å². The van der Waals surface area contributed by atoms with Crippen LogP contribution in [0.5, 0.6) is 5.75 Å². The molecule has 0 saturated heterocycles. The van der Waals surface area contributed by atoms with E-state index < -0.39 is 4.92 Å².